The molecule has 2 rings (SSSR count). The zero-order valence-electron chi connectivity index (χ0n) is 11.3. The molecule has 1 unspecified atom stereocenters. The standard InChI is InChI=1S/C15H24N2O/c1-16(11-14-7-3-2-4-8-14)12-15(18)13-17-9-5-6-10-17/h2-4,7-8,15,18H,5-6,9-13H2,1H3. The summed E-state index contributed by atoms with van der Waals surface area (Å²) in [4.78, 5) is 4.55. The molecule has 0 aliphatic carbocycles. The van der Waals surface area contributed by atoms with Gasteiger partial charge in [-0.1, -0.05) is 30.3 Å². The smallest absolute Gasteiger partial charge is 0.0793 e. The molecule has 18 heavy (non-hydrogen) atoms. The Labute approximate surface area is 110 Å². The summed E-state index contributed by atoms with van der Waals surface area (Å²) in [7, 11) is 2.07. The van der Waals surface area contributed by atoms with Crippen molar-refractivity contribution in [3.05, 3.63) is 35.9 Å². The molecule has 1 aromatic rings. The minimum Gasteiger partial charge on any atom is -0.390 e. The molecule has 0 aromatic heterocycles. The lowest BCUT2D eigenvalue weighted by molar-refractivity contribution is 0.0883. The van der Waals surface area contributed by atoms with Crippen LogP contribution in [-0.4, -0.2) is 54.2 Å². The number of hydrogen-bond acceptors (Lipinski definition) is 3. The molecule has 1 atom stereocenters. The second kappa shape index (κ2) is 6.88. The summed E-state index contributed by atoms with van der Waals surface area (Å²) in [6, 6.07) is 10.4. The highest BCUT2D eigenvalue weighted by molar-refractivity contribution is 5.14. The Morgan fingerprint density at radius 1 is 1.22 bits per heavy atom. The molecule has 0 spiro atoms. The van der Waals surface area contributed by atoms with Gasteiger partial charge in [0.1, 0.15) is 0 Å². The van der Waals surface area contributed by atoms with Crippen LogP contribution in [0.3, 0.4) is 0 Å². The lowest BCUT2D eigenvalue weighted by Gasteiger charge is -2.24. The third-order valence-electron chi connectivity index (χ3n) is 3.49. The molecule has 1 aromatic carbocycles. The van der Waals surface area contributed by atoms with Crippen LogP contribution in [0.5, 0.6) is 0 Å². The maximum atomic E-state index is 10.1. The third kappa shape index (κ3) is 4.41. The Balaban J connectivity index is 1.71. The van der Waals surface area contributed by atoms with Crippen molar-refractivity contribution in [1.29, 1.82) is 0 Å². The molecular weight excluding hydrogens is 224 g/mol. The van der Waals surface area contributed by atoms with Crippen molar-refractivity contribution in [3.63, 3.8) is 0 Å². The average molecular weight is 248 g/mol. The van der Waals surface area contributed by atoms with Crippen LogP contribution in [0.4, 0.5) is 0 Å². The number of aliphatic hydroxyl groups excluding tert-OH is 1. The third-order valence-corrected chi connectivity index (χ3v) is 3.49. The average Bonchev–Trinajstić information content (AvgIpc) is 2.82. The van der Waals surface area contributed by atoms with E-state index in [1.807, 2.05) is 6.07 Å². The maximum Gasteiger partial charge on any atom is 0.0793 e. The lowest BCUT2D eigenvalue weighted by atomic mass is 10.2. The molecule has 100 valence electrons. The molecule has 0 bridgehead atoms. The minimum atomic E-state index is -0.239. The predicted molar refractivity (Wildman–Crippen MR) is 74.5 cm³/mol. The number of rotatable bonds is 6. The molecule has 0 radical (unpaired) electrons. The summed E-state index contributed by atoms with van der Waals surface area (Å²) in [6.07, 6.45) is 2.33. The fourth-order valence-corrected chi connectivity index (χ4v) is 2.64. The van der Waals surface area contributed by atoms with Gasteiger partial charge in [0.05, 0.1) is 6.10 Å². The van der Waals surface area contributed by atoms with E-state index < -0.39 is 0 Å². The maximum absolute atomic E-state index is 10.1. The van der Waals surface area contributed by atoms with Crippen LogP contribution < -0.4 is 0 Å². The van der Waals surface area contributed by atoms with Crippen LogP contribution in [0, 0.1) is 0 Å². The Bertz CT molecular complexity index is 336. The van der Waals surface area contributed by atoms with Crippen LogP contribution in [0.2, 0.25) is 0 Å². The number of hydrogen-bond donors (Lipinski definition) is 1. The van der Waals surface area contributed by atoms with Gasteiger partial charge in [-0.2, -0.15) is 0 Å². The summed E-state index contributed by atoms with van der Waals surface area (Å²) >= 11 is 0. The van der Waals surface area contributed by atoms with Crippen LogP contribution >= 0.6 is 0 Å². The molecule has 1 saturated heterocycles. The van der Waals surface area contributed by atoms with Gasteiger partial charge in [-0.25, -0.2) is 0 Å². The van der Waals surface area contributed by atoms with Crippen molar-refractivity contribution in [1.82, 2.24) is 9.80 Å². The van der Waals surface area contributed by atoms with Crippen LogP contribution in [-0.2, 0) is 6.54 Å². The molecule has 1 aliphatic heterocycles. The summed E-state index contributed by atoms with van der Waals surface area (Å²) in [5.74, 6) is 0. The van der Waals surface area contributed by atoms with E-state index >= 15 is 0 Å². The molecule has 3 nitrogen and oxygen atoms in total. The first-order valence-electron chi connectivity index (χ1n) is 6.87. The van der Waals surface area contributed by atoms with Crippen LogP contribution in [0.25, 0.3) is 0 Å². The number of benzene rings is 1. The Morgan fingerprint density at radius 3 is 2.56 bits per heavy atom. The number of β-amino-alcohol motifs (C(OH)–C–C–N with tert-alkyl or cyclic N) is 1. The van der Waals surface area contributed by atoms with E-state index in [0.29, 0.717) is 0 Å². The van der Waals surface area contributed by atoms with Gasteiger partial charge in [0.2, 0.25) is 0 Å². The van der Waals surface area contributed by atoms with Crippen molar-refractivity contribution in [2.24, 2.45) is 0 Å². The lowest BCUT2D eigenvalue weighted by Crippen LogP contribution is -2.37. The summed E-state index contributed by atoms with van der Waals surface area (Å²) in [5, 5.41) is 10.1. The molecule has 3 heteroatoms. The fourth-order valence-electron chi connectivity index (χ4n) is 2.64. The normalized spacial score (nSPS) is 18.4. The quantitative estimate of drug-likeness (QED) is 0.828. The molecular formula is C15H24N2O. The van der Waals surface area contributed by atoms with Gasteiger partial charge in [0, 0.05) is 19.6 Å². The number of nitrogens with zero attached hydrogens (tertiary/aromatic N) is 2. The van der Waals surface area contributed by atoms with Gasteiger partial charge in [-0.15, -0.1) is 0 Å². The van der Waals surface area contributed by atoms with Crippen molar-refractivity contribution in [2.75, 3.05) is 33.2 Å². The fraction of sp³-hybridized carbons (Fsp3) is 0.600. The number of aliphatic hydroxyl groups is 1. The monoisotopic (exact) mass is 248 g/mol. The summed E-state index contributed by atoms with van der Waals surface area (Å²) in [5.41, 5.74) is 1.30. The highest BCUT2D eigenvalue weighted by atomic mass is 16.3. The molecule has 1 N–H and O–H groups in total. The zero-order valence-corrected chi connectivity index (χ0v) is 11.3. The van der Waals surface area contributed by atoms with Crippen molar-refractivity contribution in [2.45, 2.75) is 25.5 Å². The SMILES string of the molecule is CN(Cc1ccccc1)CC(O)CN1CCCC1. The second-order valence-electron chi connectivity index (χ2n) is 5.34. The van der Waals surface area contributed by atoms with Gasteiger partial charge in [0.25, 0.3) is 0 Å². The topological polar surface area (TPSA) is 26.7 Å². The van der Waals surface area contributed by atoms with E-state index in [4.69, 9.17) is 0 Å². The Morgan fingerprint density at radius 2 is 1.89 bits per heavy atom. The van der Waals surface area contributed by atoms with Crippen molar-refractivity contribution in [3.8, 4) is 0 Å². The molecule has 1 heterocycles. The van der Waals surface area contributed by atoms with Gasteiger partial charge in [-0.05, 0) is 38.5 Å². The van der Waals surface area contributed by atoms with Gasteiger partial charge < -0.3 is 10.0 Å². The highest BCUT2D eigenvalue weighted by Gasteiger charge is 2.16. The van der Waals surface area contributed by atoms with Crippen molar-refractivity contribution < 1.29 is 5.11 Å². The first-order chi connectivity index (χ1) is 8.74. The highest BCUT2D eigenvalue weighted by Crippen LogP contribution is 2.09. The summed E-state index contributed by atoms with van der Waals surface area (Å²) < 4.78 is 0. The van der Waals surface area contributed by atoms with Crippen molar-refractivity contribution >= 4 is 0 Å². The Hall–Kier alpha value is -0.900. The number of likely N-dealkylation sites (N-methyl/N-ethyl adjacent to an activating group) is 1. The van der Waals surface area contributed by atoms with E-state index in [2.05, 4.69) is 41.1 Å². The van der Waals surface area contributed by atoms with E-state index in [-0.39, 0.29) is 6.10 Å². The molecule has 1 fully saturated rings. The van der Waals surface area contributed by atoms with E-state index in [1.54, 1.807) is 0 Å². The minimum absolute atomic E-state index is 0.239. The van der Waals surface area contributed by atoms with Crippen LogP contribution in [0.15, 0.2) is 30.3 Å². The number of likely N-dealkylation sites (tertiary alicyclic amines) is 1. The summed E-state index contributed by atoms with van der Waals surface area (Å²) in [6.45, 7) is 4.77. The largest absolute Gasteiger partial charge is 0.390 e. The molecule has 0 amide bonds. The zero-order chi connectivity index (χ0) is 12.8. The van der Waals surface area contributed by atoms with E-state index in [9.17, 15) is 5.11 Å². The predicted octanol–water partition coefficient (Wildman–Crippen LogP) is 1.58. The molecule has 0 saturated carbocycles. The first kappa shape index (κ1) is 13.5. The van der Waals surface area contributed by atoms with Gasteiger partial charge in [-0.3, -0.25) is 4.90 Å². The van der Waals surface area contributed by atoms with Gasteiger partial charge >= 0.3 is 0 Å². The molecule has 1 aliphatic rings. The van der Waals surface area contributed by atoms with Gasteiger partial charge in [0.15, 0.2) is 0 Å². The Kier molecular flexibility index (Phi) is 5.17. The first-order valence-corrected chi connectivity index (χ1v) is 6.87. The van der Waals surface area contributed by atoms with E-state index in [1.165, 1.54) is 18.4 Å². The van der Waals surface area contributed by atoms with Crippen LogP contribution in [0.1, 0.15) is 18.4 Å². The van der Waals surface area contributed by atoms with E-state index in [0.717, 1.165) is 32.7 Å². The second-order valence-corrected chi connectivity index (χ2v) is 5.34.